The first kappa shape index (κ1) is 11.6. The van der Waals surface area contributed by atoms with Gasteiger partial charge < -0.3 is 4.34 Å². The average molecular weight is 276 g/mol. The zero-order valence-electron chi connectivity index (χ0n) is 10.8. The summed E-state index contributed by atoms with van der Waals surface area (Å²) in [6, 6.07) is 23.2. The molecule has 0 aliphatic rings. The third kappa shape index (κ3) is 1.81. The van der Waals surface area contributed by atoms with Crippen molar-refractivity contribution in [2.24, 2.45) is 0 Å². The summed E-state index contributed by atoms with van der Waals surface area (Å²) in [5.74, 6) is 0. The van der Waals surface area contributed by atoms with Gasteiger partial charge in [0.25, 0.3) is 0 Å². The van der Waals surface area contributed by atoms with Crippen LogP contribution >= 0.6 is 8.73 Å². The summed E-state index contributed by atoms with van der Waals surface area (Å²) in [6.45, 7) is 0. The maximum atomic E-state index is 4.46. The predicted molar refractivity (Wildman–Crippen MR) is 87.0 cm³/mol. The monoisotopic (exact) mass is 276 g/mol. The Morgan fingerprint density at radius 3 is 1.90 bits per heavy atom. The second-order valence-electron chi connectivity index (χ2n) is 4.70. The molecule has 1 unspecified atom stereocenters. The first-order valence-corrected chi connectivity index (χ1v) is 7.54. The van der Waals surface area contributed by atoms with Crippen molar-refractivity contribution in [2.75, 3.05) is 0 Å². The van der Waals surface area contributed by atoms with Crippen LogP contribution in [0.4, 0.5) is 0 Å². The lowest BCUT2D eigenvalue weighted by atomic mass is 10.2. The van der Waals surface area contributed by atoms with E-state index >= 15 is 0 Å². The van der Waals surface area contributed by atoms with E-state index in [9.17, 15) is 0 Å². The summed E-state index contributed by atoms with van der Waals surface area (Å²) < 4.78 is 2.37. The molecule has 2 nitrogen and oxygen atoms in total. The van der Waals surface area contributed by atoms with E-state index in [4.69, 9.17) is 0 Å². The normalized spacial score (nSPS) is 11.8. The smallest absolute Gasteiger partial charge is 0.0811 e. The average Bonchev–Trinajstić information content (AvgIpc) is 2.84. The molecule has 0 amide bonds. The highest BCUT2D eigenvalue weighted by molar-refractivity contribution is 7.45. The van der Waals surface area contributed by atoms with Gasteiger partial charge in [0.1, 0.15) is 0 Å². The lowest BCUT2D eigenvalue weighted by Crippen LogP contribution is -2.02. The van der Waals surface area contributed by atoms with Crippen LogP contribution in [-0.2, 0) is 0 Å². The molecule has 4 aromatic rings. The Balaban J connectivity index is 2.00. The maximum Gasteiger partial charge on any atom is 0.0811 e. The number of hydrogen-bond donors (Lipinski definition) is 0. The van der Waals surface area contributed by atoms with E-state index < -0.39 is 0 Å². The van der Waals surface area contributed by atoms with Gasteiger partial charge in [-0.15, -0.1) is 0 Å². The van der Waals surface area contributed by atoms with Crippen LogP contribution in [0.5, 0.6) is 0 Å². The van der Waals surface area contributed by atoms with E-state index in [-0.39, 0.29) is 0 Å². The Kier molecular flexibility index (Phi) is 2.75. The largest absolute Gasteiger partial charge is 0.316 e. The van der Waals surface area contributed by atoms with Gasteiger partial charge in [-0.05, 0) is 24.3 Å². The minimum atomic E-state index is 0.514. The number of hydrogen-bond acceptors (Lipinski definition) is 1. The summed E-state index contributed by atoms with van der Waals surface area (Å²) in [5.41, 5.74) is 3.66. The lowest BCUT2D eigenvalue weighted by Gasteiger charge is -2.06. The summed E-state index contributed by atoms with van der Waals surface area (Å²) in [7, 11) is 0.514. The molecule has 2 aromatic carbocycles. The Morgan fingerprint density at radius 2 is 1.30 bits per heavy atom. The second-order valence-corrected chi connectivity index (χ2v) is 5.88. The molecular weight excluding hydrogens is 263 g/mol. The van der Waals surface area contributed by atoms with Gasteiger partial charge >= 0.3 is 0 Å². The minimum Gasteiger partial charge on any atom is -0.316 e. The van der Waals surface area contributed by atoms with Crippen molar-refractivity contribution >= 4 is 36.0 Å². The molecule has 0 spiro atoms. The lowest BCUT2D eigenvalue weighted by molar-refractivity contribution is 1.36. The van der Waals surface area contributed by atoms with Crippen LogP contribution in [0.3, 0.4) is 0 Å². The molecule has 0 fully saturated rings. The molecule has 0 saturated heterocycles. The fraction of sp³-hybridized carbons (Fsp3) is 0. The summed E-state index contributed by atoms with van der Waals surface area (Å²) in [4.78, 5) is 4.46. The molecule has 2 aromatic heterocycles. The summed E-state index contributed by atoms with van der Waals surface area (Å²) >= 11 is 0. The SMILES string of the molecule is c1ccc(Pn2c3ccccc3c3ccccc32)nc1. The minimum absolute atomic E-state index is 0.514. The molecule has 1 atom stereocenters. The zero-order valence-corrected chi connectivity index (χ0v) is 11.8. The Hall–Kier alpha value is -2.18. The third-order valence-corrected chi connectivity index (χ3v) is 4.70. The number of nitrogens with zero attached hydrogens (tertiary/aromatic N) is 2. The van der Waals surface area contributed by atoms with Crippen molar-refractivity contribution in [3.63, 3.8) is 0 Å². The molecule has 2 heterocycles. The van der Waals surface area contributed by atoms with Crippen molar-refractivity contribution in [3.05, 3.63) is 72.9 Å². The van der Waals surface area contributed by atoms with E-state index in [2.05, 4.69) is 63.9 Å². The van der Waals surface area contributed by atoms with Gasteiger partial charge in [-0.2, -0.15) is 0 Å². The van der Waals surface area contributed by atoms with Gasteiger partial charge in [-0.3, -0.25) is 4.98 Å². The zero-order chi connectivity index (χ0) is 13.4. The van der Waals surface area contributed by atoms with E-state index in [1.165, 1.54) is 21.8 Å². The molecule has 0 aliphatic heterocycles. The highest BCUT2D eigenvalue weighted by atomic mass is 31.1. The first-order valence-electron chi connectivity index (χ1n) is 6.60. The van der Waals surface area contributed by atoms with Crippen molar-refractivity contribution in [1.82, 2.24) is 9.32 Å². The van der Waals surface area contributed by atoms with E-state index in [0.717, 1.165) is 5.44 Å². The maximum absolute atomic E-state index is 4.46. The van der Waals surface area contributed by atoms with Gasteiger partial charge in [0, 0.05) is 25.7 Å². The fourth-order valence-electron chi connectivity index (χ4n) is 2.59. The molecule has 20 heavy (non-hydrogen) atoms. The number of fused-ring (bicyclic) bond motifs is 3. The molecule has 0 bridgehead atoms. The molecule has 0 saturated carbocycles. The van der Waals surface area contributed by atoms with E-state index in [1.54, 1.807) is 0 Å². The highest BCUT2D eigenvalue weighted by Crippen LogP contribution is 2.33. The molecule has 0 aliphatic carbocycles. The molecule has 0 radical (unpaired) electrons. The van der Waals surface area contributed by atoms with Crippen LogP contribution < -0.4 is 5.44 Å². The number of aromatic nitrogens is 2. The second kappa shape index (κ2) is 4.73. The van der Waals surface area contributed by atoms with Crippen molar-refractivity contribution in [2.45, 2.75) is 0 Å². The molecule has 4 rings (SSSR count). The molecule has 3 heteroatoms. The van der Waals surface area contributed by atoms with Gasteiger partial charge in [-0.25, -0.2) is 0 Å². The Morgan fingerprint density at radius 1 is 0.700 bits per heavy atom. The highest BCUT2D eigenvalue weighted by Gasteiger charge is 2.09. The summed E-state index contributed by atoms with van der Waals surface area (Å²) in [6.07, 6.45) is 1.86. The van der Waals surface area contributed by atoms with Crippen molar-refractivity contribution in [3.8, 4) is 0 Å². The van der Waals surface area contributed by atoms with Crippen LogP contribution in [-0.4, -0.2) is 9.32 Å². The first-order chi connectivity index (χ1) is 9.93. The predicted octanol–water partition coefficient (Wildman–Crippen LogP) is 3.96. The van der Waals surface area contributed by atoms with Crippen LogP contribution in [0.2, 0.25) is 0 Å². The van der Waals surface area contributed by atoms with E-state index in [1.807, 2.05) is 18.3 Å². The number of para-hydroxylation sites is 2. The van der Waals surface area contributed by atoms with Gasteiger partial charge in [0.15, 0.2) is 0 Å². The van der Waals surface area contributed by atoms with Crippen molar-refractivity contribution < 1.29 is 0 Å². The summed E-state index contributed by atoms with van der Waals surface area (Å²) in [5, 5.41) is 2.62. The molecule has 96 valence electrons. The van der Waals surface area contributed by atoms with Gasteiger partial charge in [0.2, 0.25) is 0 Å². The molecular formula is C17H13N2P. The van der Waals surface area contributed by atoms with Crippen LogP contribution in [0.25, 0.3) is 21.8 Å². The Bertz CT molecular complexity index is 828. The van der Waals surface area contributed by atoms with E-state index in [0.29, 0.717) is 8.73 Å². The van der Waals surface area contributed by atoms with Gasteiger partial charge in [0.05, 0.1) is 16.5 Å². The topological polar surface area (TPSA) is 17.8 Å². The third-order valence-electron chi connectivity index (χ3n) is 3.47. The van der Waals surface area contributed by atoms with Gasteiger partial charge in [-0.1, -0.05) is 42.5 Å². The number of rotatable bonds is 2. The standard InChI is InChI=1S/C17H13N2P/c1-3-9-15-13(7-1)14-8-2-4-10-16(14)19(15)20-17-11-5-6-12-18-17/h1-12,20H. The number of pyridine rings is 1. The quantitative estimate of drug-likeness (QED) is 0.507. The number of benzene rings is 2. The van der Waals surface area contributed by atoms with Crippen molar-refractivity contribution in [1.29, 1.82) is 0 Å². The van der Waals surface area contributed by atoms with Crippen LogP contribution in [0.1, 0.15) is 0 Å². The van der Waals surface area contributed by atoms with Crippen LogP contribution in [0.15, 0.2) is 72.9 Å². The van der Waals surface area contributed by atoms with Crippen LogP contribution in [0, 0.1) is 0 Å². The Labute approximate surface area is 118 Å². The fourth-order valence-corrected chi connectivity index (χ4v) is 3.75. The molecule has 0 N–H and O–H groups in total.